The molecule has 1 rings (SSSR count). The van der Waals surface area contributed by atoms with Gasteiger partial charge in [0.1, 0.15) is 12.2 Å². The van der Waals surface area contributed by atoms with Crippen molar-refractivity contribution >= 4 is 0 Å². The molecule has 0 aromatic carbocycles. The van der Waals surface area contributed by atoms with Crippen LogP contribution in [0.2, 0.25) is 0 Å². The smallest absolute Gasteiger partial charge is 0.192 e. The molecular weight excluding hydrogens is 155 g/mol. The van der Waals surface area contributed by atoms with E-state index in [2.05, 4.69) is 4.74 Å². The minimum Gasteiger partial charge on any atom is -0.394 e. The van der Waals surface area contributed by atoms with Crippen LogP contribution < -0.4 is 0 Å². The fourth-order valence-electron chi connectivity index (χ4n) is 1.03. The van der Waals surface area contributed by atoms with Crippen LogP contribution >= 0.6 is 0 Å². The van der Waals surface area contributed by atoms with E-state index in [0.29, 0.717) is 0 Å². The molecule has 0 aromatic heterocycles. The van der Waals surface area contributed by atoms with Gasteiger partial charge < -0.3 is 20.1 Å². The predicted octanol–water partition coefficient (Wildman–Crippen LogP) is -1.22. The van der Waals surface area contributed by atoms with Gasteiger partial charge in [0, 0.05) is 0 Å². The van der Waals surface area contributed by atoms with Crippen LogP contribution in [0.4, 0.5) is 4.39 Å². The second-order valence-electron chi connectivity index (χ2n) is 2.81. The monoisotopic (exact) mass is 166 g/mol. The standard InChI is InChI=1S/C6H11FO4/c1-6(7)4(9)3(2-8)11-5(6)10/h3-5,8-10H,2H2,1H3/t3-,4-,5?,6?/m1/s1. The molecule has 4 atom stereocenters. The molecule has 0 saturated carbocycles. The second kappa shape index (κ2) is 2.67. The molecule has 1 aliphatic heterocycles. The maximum Gasteiger partial charge on any atom is 0.192 e. The Hall–Kier alpha value is -0.230. The fraction of sp³-hybridized carbons (Fsp3) is 1.00. The first kappa shape index (κ1) is 8.86. The van der Waals surface area contributed by atoms with E-state index in [0.717, 1.165) is 6.92 Å². The van der Waals surface area contributed by atoms with Crippen molar-refractivity contribution in [3.63, 3.8) is 0 Å². The Labute approximate surface area is 63.2 Å². The zero-order valence-corrected chi connectivity index (χ0v) is 6.07. The second-order valence-corrected chi connectivity index (χ2v) is 2.81. The highest BCUT2D eigenvalue weighted by atomic mass is 19.1. The van der Waals surface area contributed by atoms with Gasteiger partial charge in [-0.1, -0.05) is 0 Å². The molecule has 0 spiro atoms. The van der Waals surface area contributed by atoms with Crippen LogP contribution in [-0.2, 0) is 4.74 Å². The number of alkyl halides is 1. The number of halogens is 1. The summed E-state index contributed by atoms with van der Waals surface area (Å²) < 4.78 is 17.6. The van der Waals surface area contributed by atoms with Gasteiger partial charge in [-0.05, 0) is 6.92 Å². The molecule has 1 saturated heterocycles. The summed E-state index contributed by atoms with van der Waals surface area (Å²) in [4.78, 5) is 0. The van der Waals surface area contributed by atoms with Crippen LogP contribution in [0.15, 0.2) is 0 Å². The van der Waals surface area contributed by atoms with E-state index in [-0.39, 0.29) is 0 Å². The Bertz CT molecular complexity index is 150. The first-order chi connectivity index (χ1) is 5.00. The molecule has 4 nitrogen and oxygen atoms in total. The molecule has 5 heteroatoms. The van der Waals surface area contributed by atoms with Crippen molar-refractivity contribution in [3.05, 3.63) is 0 Å². The van der Waals surface area contributed by atoms with Crippen molar-refractivity contribution in [2.24, 2.45) is 0 Å². The molecule has 0 bridgehead atoms. The van der Waals surface area contributed by atoms with E-state index in [1.165, 1.54) is 0 Å². The molecule has 2 unspecified atom stereocenters. The van der Waals surface area contributed by atoms with Gasteiger partial charge in [-0.25, -0.2) is 4.39 Å². The minimum absolute atomic E-state index is 0.502. The lowest BCUT2D eigenvalue weighted by molar-refractivity contribution is -0.143. The minimum atomic E-state index is -2.19. The van der Waals surface area contributed by atoms with Crippen LogP contribution in [0.3, 0.4) is 0 Å². The van der Waals surface area contributed by atoms with Gasteiger partial charge in [0.2, 0.25) is 0 Å². The molecule has 11 heavy (non-hydrogen) atoms. The molecule has 0 aromatic rings. The van der Waals surface area contributed by atoms with Gasteiger partial charge in [-0.3, -0.25) is 0 Å². The third-order valence-electron chi connectivity index (χ3n) is 1.90. The number of rotatable bonds is 1. The fourth-order valence-corrected chi connectivity index (χ4v) is 1.03. The van der Waals surface area contributed by atoms with Crippen LogP contribution in [0.25, 0.3) is 0 Å². The average Bonchev–Trinajstić information content (AvgIpc) is 2.14. The molecule has 66 valence electrons. The summed E-state index contributed by atoms with van der Waals surface area (Å²) in [5.74, 6) is 0. The lowest BCUT2D eigenvalue weighted by atomic mass is 10.0. The van der Waals surface area contributed by atoms with Gasteiger partial charge in [-0.15, -0.1) is 0 Å². The van der Waals surface area contributed by atoms with Crippen molar-refractivity contribution in [1.82, 2.24) is 0 Å². The lowest BCUT2D eigenvalue weighted by Gasteiger charge is -2.19. The first-order valence-electron chi connectivity index (χ1n) is 3.31. The Morgan fingerprint density at radius 2 is 2.09 bits per heavy atom. The maximum atomic E-state index is 13.1. The van der Waals surface area contributed by atoms with E-state index in [1.54, 1.807) is 0 Å². The van der Waals surface area contributed by atoms with Crippen LogP contribution in [0, 0.1) is 0 Å². The molecule has 3 N–H and O–H groups in total. The predicted molar refractivity (Wildman–Crippen MR) is 33.5 cm³/mol. The Balaban J connectivity index is 2.71. The van der Waals surface area contributed by atoms with E-state index >= 15 is 0 Å². The number of ether oxygens (including phenoxy) is 1. The average molecular weight is 166 g/mol. The molecular formula is C6H11FO4. The topological polar surface area (TPSA) is 69.9 Å². The summed E-state index contributed by atoms with van der Waals surface area (Å²) in [7, 11) is 0. The van der Waals surface area contributed by atoms with Gasteiger partial charge >= 0.3 is 0 Å². The highest BCUT2D eigenvalue weighted by Gasteiger charge is 2.53. The third kappa shape index (κ3) is 1.24. The number of aliphatic hydroxyl groups excluding tert-OH is 3. The highest BCUT2D eigenvalue weighted by Crippen LogP contribution is 2.32. The highest BCUT2D eigenvalue weighted by molar-refractivity contribution is 4.96. The Morgan fingerprint density at radius 3 is 2.27 bits per heavy atom. The lowest BCUT2D eigenvalue weighted by Crippen LogP contribution is -2.41. The van der Waals surface area contributed by atoms with Crippen molar-refractivity contribution in [2.75, 3.05) is 6.61 Å². The largest absolute Gasteiger partial charge is 0.394 e. The van der Waals surface area contributed by atoms with E-state index in [1.807, 2.05) is 0 Å². The maximum absolute atomic E-state index is 13.1. The van der Waals surface area contributed by atoms with Crippen LogP contribution in [0.1, 0.15) is 6.92 Å². The SMILES string of the molecule is CC1(F)C(O)O[C@H](CO)[C@H]1O. The summed E-state index contributed by atoms with van der Waals surface area (Å²) in [5, 5.41) is 26.5. The van der Waals surface area contributed by atoms with Crippen molar-refractivity contribution in [3.8, 4) is 0 Å². The van der Waals surface area contributed by atoms with Crippen LogP contribution in [0.5, 0.6) is 0 Å². The van der Waals surface area contributed by atoms with Crippen molar-refractivity contribution in [2.45, 2.75) is 31.1 Å². The zero-order valence-electron chi connectivity index (χ0n) is 6.07. The Kier molecular flexibility index (Phi) is 2.15. The molecule has 1 fully saturated rings. The normalized spacial score (nSPS) is 51.5. The number of aliphatic hydroxyl groups is 3. The number of hydrogen-bond acceptors (Lipinski definition) is 4. The third-order valence-corrected chi connectivity index (χ3v) is 1.90. The van der Waals surface area contributed by atoms with Crippen LogP contribution in [-0.4, -0.2) is 46.1 Å². The molecule has 1 heterocycles. The Morgan fingerprint density at radius 1 is 1.55 bits per heavy atom. The van der Waals surface area contributed by atoms with Gasteiger partial charge in [0.05, 0.1) is 6.61 Å². The number of hydrogen-bond donors (Lipinski definition) is 3. The van der Waals surface area contributed by atoms with E-state index in [9.17, 15) is 4.39 Å². The molecule has 0 amide bonds. The quantitative estimate of drug-likeness (QED) is 0.457. The first-order valence-corrected chi connectivity index (χ1v) is 3.31. The zero-order chi connectivity index (χ0) is 8.65. The van der Waals surface area contributed by atoms with Crippen molar-refractivity contribution < 1.29 is 24.4 Å². The van der Waals surface area contributed by atoms with E-state index in [4.69, 9.17) is 15.3 Å². The molecule has 0 radical (unpaired) electrons. The van der Waals surface area contributed by atoms with Gasteiger partial charge in [0.25, 0.3) is 0 Å². The van der Waals surface area contributed by atoms with E-state index < -0.39 is 30.8 Å². The van der Waals surface area contributed by atoms with Crippen molar-refractivity contribution in [1.29, 1.82) is 0 Å². The van der Waals surface area contributed by atoms with Gasteiger partial charge in [-0.2, -0.15) is 0 Å². The summed E-state index contributed by atoms with van der Waals surface area (Å²) in [6, 6.07) is 0. The summed E-state index contributed by atoms with van der Waals surface area (Å²) >= 11 is 0. The summed E-state index contributed by atoms with van der Waals surface area (Å²) in [6.07, 6.45) is -4.16. The van der Waals surface area contributed by atoms with Gasteiger partial charge in [0.15, 0.2) is 12.0 Å². The summed E-state index contributed by atoms with van der Waals surface area (Å²) in [5.41, 5.74) is -2.19. The molecule has 0 aliphatic carbocycles. The summed E-state index contributed by atoms with van der Waals surface area (Å²) in [6.45, 7) is 0.524. The molecule has 1 aliphatic rings.